The van der Waals surface area contributed by atoms with Crippen molar-refractivity contribution in [2.24, 2.45) is 0 Å². The highest BCUT2D eigenvalue weighted by Gasteiger charge is 2.18. The third kappa shape index (κ3) is 3.65. The van der Waals surface area contributed by atoms with Crippen LogP contribution in [-0.4, -0.2) is 0 Å². The lowest BCUT2D eigenvalue weighted by molar-refractivity contribution is 0.663. The average Bonchev–Trinajstić information content (AvgIpc) is 3.68. The highest BCUT2D eigenvalue weighted by atomic mass is 16.3. The molecule has 0 atom stereocenters. The fourth-order valence-electron chi connectivity index (χ4n) is 7.45. The van der Waals surface area contributed by atoms with Crippen molar-refractivity contribution in [3.05, 3.63) is 158 Å². The molecular formula is C44H26O2. The van der Waals surface area contributed by atoms with Crippen molar-refractivity contribution < 1.29 is 8.83 Å². The minimum absolute atomic E-state index is 0.874. The lowest BCUT2D eigenvalue weighted by atomic mass is 9.86. The van der Waals surface area contributed by atoms with Gasteiger partial charge in [0.05, 0.1) is 0 Å². The van der Waals surface area contributed by atoms with Gasteiger partial charge in [-0.05, 0) is 85.3 Å². The van der Waals surface area contributed by atoms with Crippen LogP contribution in [0.15, 0.2) is 167 Å². The van der Waals surface area contributed by atoms with Gasteiger partial charge in [-0.25, -0.2) is 0 Å². The summed E-state index contributed by atoms with van der Waals surface area (Å²) in [5, 5.41) is 9.48. The summed E-state index contributed by atoms with van der Waals surface area (Å²) in [5.74, 6) is 0. The standard InChI is InChI=1S/C44H26O2/c1-2-10-28(11-3-1)41-31-12-4-6-14-33(31)42(34-15-7-5-13-32(34)41)29-20-18-27(19-21-29)30-22-23-36-40(26-30)46-39-25-24-38-43(44(36)39)35-16-8-9-17-37(35)45-38/h1-26H. The molecule has 0 spiro atoms. The molecule has 0 fully saturated rings. The van der Waals surface area contributed by atoms with E-state index in [4.69, 9.17) is 8.83 Å². The van der Waals surface area contributed by atoms with Gasteiger partial charge in [0.1, 0.15) is 22.3 Å². The molecule has 2 heteroatoms. The maximum atomic E-state index is 6.44. The average molecular weight is 587 g/mol. The monoisotopic (exact) mass is 586 g/mol. The second kappa shape index (κ2) is 9.69. The molecule has 0 aliphatic heterocycles. The van der Waals surface area contributed by atoms with Crippen LogP contribution < -0.4 is 0 Å². The molecule has 0 aliphatic carbocycles. The van der Waals surface area contributed by atoms with Gasteiger partial charge >= 0.3 is 0 Å². The zero-order chi connectivity index (χ0) is 30.2. The van der Waals surface area contributed by atoms with E-state index in [0.29, 0.717) is 0 Å². The van der Waals surface area contributed by atoms with Crippen molar-refractivity contribution in [3.63, 3.8) is 0 Å². The fourth-order valence-corrected chi connectivity index (χ4v) is 7.45. The van der Waals surface area contributed by atoms with E-state index in [-0.39, 0.29) is 0 Å². The highest BCUT2D eigenvalue weighted by molar-refractivity contribution is 6.26. The summed E-state index contributed by atoms with van der Waals surface area (Å²) in [6, 6.07) is 56.1. The van der Waals surface area contributed by atoms with Gasteiger partial charge in [-0.15, -0.1) is 0 Å². The molecule has 0 N–H and O–H groups in total. The summed E-state index contributed by atoms with van der Waals surface area (Å²) in [5.41, 5.74) is 10.8. The maximum absolute atomic E-state index is 6.44. The second-order valence-electron chi connectivity index (χ2n) is 12.0. The first-order valence-electron chi connectivity index (χ1n) is 15.7. The van der Waals surface area contributed by atoms with Crippen LogP contribution in [0.2, 0.25) is 0 Å². The van der Waals surface area contributed by atoms with E-state index < -0.39 is 0 Å². The van der Waals surface area contributed by atoms with Crippen LogP contribution in [0.25, 0.3) is 98.8 Å². The predicted molar refractivity (Wildman–Crippen MR) is 192 cm³/mol. The minimum Gasteiger partial charge on any atom is -0.456 e. The van der Waals surface area contributed by atoms with Gasteiger partial charge in [0.2, 0.25) is 0 Å². The number of hydrogen-bond acceptors (Lipinski definition) is 2. The fraction of sp³-hybridized carbons (Fsp3) is 0. The van der Waals surface area contributed by atoms with Crippen LogP contribution in [0.1, 0.15) is 0 Å². The third-order valence-electron chi connectivity index (χ3n) is 9.48. The van der Waals surface area contributed by atoms with Crippen LogP contribution in [0.4, 0.5) is 0 Å². The Balaban J connectivity index is 1.12. The quantitative estimate of drug-likeness (QED) is 0.193. The van der Waals surface area contributed by atoms with Crippen molar-refractivity contribution in [1.82, 2.24) is 0 Å². The molecule has 2 nitrogen and oxygen atoms in total. The molecule has 0 amide bonds. The molecule has 0 unspecified atom stereocenters. The summed E-state index contributed by atoms with van der Waals surface area (Å²) >= 11 is 0. The van der Waals surface area contributed by atoms with Crippen molar-refractivity contribution in [3.8, 4) is 33.4 Å². The molecule has 2 heterocycles. The summed E-state index contributed by atoms with van der Waals surface area (Å²) in [4.78, 5) is 0. The van der Waals surface area contributed by atoms with E-state index in [1.54, 1.807) is 0 Å². The summed E-state index contributed by atoms with van der Waals surface area (Å²) in [7, 11) is 0. The maximum Gasteiger partial charge on any atom is 0.136 e. The molecule has 8 aromatic carbocycles. The molecule has 10 aromatic rings. The first-order valence-corrected chi connectivity index (χ1v) is 15.7. The van der Waals surface area contributed by atoms with Crippen LogP contribution in [0, 0.1) is 0 Å². The second-order valence-corrected chi connectivity index (χ2v) is 12.0. The Bertz CT molecular complexity index is 2720. The van der Waals surface area contributed by atoms with Gasteiger partial charge < -0.3 is 8.83 Å². The number of para-hydroxylation sites is 1. The van der Waals surface area contributed by atoms with Gasteiger partial charge in [-0.1, -0.05) is 127 Å². The molecule has 0 saturated heterocycles. The van der Waals surface area contributed by atoms with Crippen molar-refractivity contribution in [1.29, 1.82) is 0 Å². The Morgan fingerprint density at radius 1 is 0.261 bits per heavy atom. The summed E-state index contributed by atoms with van der Waals surface area (Å²) < 4.78 is 12.6. The number of benzene rings is 8. The van der Waals surface area contributed by atoms with Crippen LogP contribution in [0.3, 0.4) is 0 Å². The number of rotatable bonds is 3. The zero-order valence-corrected chi connectivity index (χ0v) is 24.8. The highest BCUT2D eigenvalue weighted by Crippen LogP contribution is 2.44. The van der Waals surface area contributed by atoms with Gasteiger partial charge in [0.25, 0.3) is 0 Å². The van der Waals surface area contributed by atoms with Gasteiger partial charge in [0.15, 0.2) is 0 Å². The van der Waals surface area contributed by atoms with E-state index in [1.807, 2.05) is 24.3 Å². The largest absolute Gasteiger partial charge is 0.456 e. The third-order valence-corrected chi connectivity index (χ3v) is 9.48. The topological polar surface area (TPSA) is 26.3 Å². The predicted octanol–water partition coefficient (Wildman–Crippen LogP) is 12.8. The Labute approximate surface area is 264 Å². The molecule has 0 bridgehead atoms. The SMILES string of the molecule is c1ccc(-c2c3ccccc3c(-c3ccc(-c4ccc5c(c4)oc4ccc6oc7ccccc7c6c45)cc3)c3ccccc23)cc1. The number of furan rings is 2. The minimum atomic E-state index is 0.874. The van der Waals surface area contributed by atoms with Crippen molar-refractivity contribution >= 4 is 65.4 Å². The van der Waals surface area contributed by atoms with E-state index >= 15 is 0 Å². The first-order chi connectivity index (χ1) is 22.8. The van der Waals surface area contributed by atoms with Crippen LogP contribution >= 0.6 is 0 Å². The zero-order valence-electron chi connectivity index (χ0n) is 24.8. The number of hydrogen-bond donors (Lipinski definition) is 0. The van der Waals surface area contributed by atoms with E-state index in [1.165, 1.54) is 43.8 Å². The lowest BCUT2D eigenvalue weighted by Crippen LogP contribution is -1.90. The summed E-state index contributed by atoms with van der Waals surface area (Å²) in [6.45, 7) is 0. The van der Waals surface area contributed by atoms with Gasteiger partial charge in [0, 0.05) is 21.5 Å². The smallest absolute Gasteiger partial charge is 0.136 e. The Morgan fingerprint density at radius 3 is 1.30 bits per heavy atom. The number of fused-ring (bicyclic) bond motifs is 9. The molecule has 0 aliphatic rings. The molecule has 0 saturated carbocycles. The molecule has 2 aromatic heterocycles. The van der Waals surface area contributed by atoms with Gasteiger partial charge in [-0.2, -0.15) is 0 Å². The van der Waals surface area contributed by atoms with Crippen LogP contribution in [0.5, 0.6) is 0 Å². The van der Waals surface area contributed by atoms with Crippen molar-refractivity contribution in [2.75, 3.05) is 0 Å². The van der Waals surface area contributed by atoms with E-state index in [0.717, 1.165) is 55.0 Å². The normalized spacial score (nSPS) is 11.9. The summed E-state index contributed by atoms with van der Waals surface area (Å²) in [6.07, 6.45) is 0. The van der Waals surface area contributed by atoms with Crippen LogP contribution in [-0.2, 0) is 0 Å². The Hall–Kier alpha value is -6.12. The van der Waals surface area contributed by atoms with Gasteiger partial charge in [-0.3, -0.25) is 0 Å². The molecule has 46 heavy (non-hydrogen) atoms. The molecule has 10 rings (SSSR count). The molecule has 214 valence electrons. The van der Waals surface area contributed by atoms with E-state index in [9.17, 15) is 0 Å². The lowest BCUT2D eigenvalue weighted by Gasteiger charge is -2.18. The van der Waals surface area contributed by atoms with Crippen molar-refractivity contribution in [2.45, 2.75) is 0 Å². The first kappa shape index (κ1) is 25.2. The Morgan fingerprint density at radius 2 is 0.696 bits per heavy atom. The molecular weight excluding hydrogens is 560 g/mol. The van der Waals surface area contributed by atoms with E-state index in [2.05, 4.69) is 133 Å². The Kier molecular flexibility index (Phi) is 5.31. The molecule has 0 radical (unpaired) electrons.